The van der Waals surface area contributed by atoms with Gasteiger partial charge in [0.2, 0.25) is 5.91 Å². The SMILES string of the molecule is CN1c2cc(Cl)ccc2C2(CCC(=O)N3CCOC3=O)CCOC12. The van der Waals surface area contributed by atoms with E-state index in [1.165, 1.54) is 10.5 Å². The average molecular weight is 351 g/mol. The van der Waals surface area contributed by atoms with Crippen LogP contribution in [0.4, 0.5) is 10.5 Å². The lowest BCUT2D eigenvalue weighted by atomic mass is 9.75. The fourth-order valence-corrected chi connectivity index (χ4v) is 4.36. The molecule has 2 unspecified atom stereocenters. The standard InChI is InChI=1S/C17H19ClN2O4/c1-19-13-10-11(18)2-3-12(13)17(6-8-23-15(17)19)5-4-14(21)20-7-9-24-16(20)22/h2-3,10,15H,4-9H2,1H3. The molecule has 3 aliphatic heterocycles. The van der Waals surface area contributed by atoms with Gasteiger partial charge in [-0.2, -0.15) is 0 Å². The van der Waals surface area contributed by atoms with Crippen LogP contribution in [0.15, 0.2) is 18.2 Å². The van der Waals surface area contributed by atoms with E-state index in [-0.39, 0.29) is 24.2 Å². The number of hydrogen-bond donors (Lipinski definition) is 0. The quantitative estimate of drug-likeness (QED) is 0.838. The fourth-order valence-electron chi connectivity index (χ4n) is 4.20. The second kappa shape index (κ2) is 5.63. The number of imide groups is 1. The first-order valence-electron chi connectivity index (χ1n) is 8.14. The van der Waals surface area contributed by atoms with Gasteiger partial charge in [-0.15, -0.1) is 0 Å². The number of hydrogen-bond acceptors (Lipinski definition) is 5. The highest BCUT2D eigenvalue weighted by molar-refractivity contribution is 6.30. The van der Waals surface area contributed by atoms with Crippen molar-refractivity contribution in [2.24, 2.45) is 0 Å². The molecule has 1 aromatic rings. The first-order valence-corrected chi connectivity index (χ1v) is 8.52. The Morgan fingerprint density at radius 1 is 1.42 bits per heavy atom. The van der Waals surface area contributed by atoms with Crippen LogP contribution in [-0.4, -0.2) is 49.9 Å². The molecule has 3 aliphatic rings. The highest BCUT2D eigenvalue weighted by Gasteiger charge is 2.54. The largest absolute Gasteiger partial charge is 0.447 e. The van der Waals surface area contributed by atoms with Gasteiger partial charge >= 0.3 is 6.09 Å². The maximum absolute atomic E-state index is 12.4. The first-order chi connectivity index (χ1) is 11.5. The molecule has 24 heavy (non-hydrogen) atoms. The number of fused-ring (bicyclic) bond motifs is 3. The Morgan fingerprint density at radius 2 is 2.25 bits per heavy atom. The van der Waals surface area contributed by atoms with E-state index >= 15 is 0 Å². The second-order valence-electron chi connectivity index (χ2n) is 6.56. The van der Waals surface area contributed by atoms with E-state index in [0.717, 1.165) is 12.1 Å². The molecule has 7 heteroatoms. The van der Waals surface area contributed by atoms with Crippen LogP contribution in [0.25, 0.3) is 0 Å². The van der Waals surface area contributed by atoms with Crippen molar-refractivity contribution in [1.82, 2.24) is 4.90 Å². The lowest BCUT2D eigenvalue weighted by molar-refractivity contribution is -0.128. The summed E-state index contributed by atoms with van der Waals surface area (Å²) in [7, 11) is 1.99. The molecule has 4 rings (SSSR count). The number of ether oxygens (including phenoxy) is 2. The van der Waals surface area contributed by atoms with Crippen molar-refractivity contribution in [1.29, 1.82) is 0 Å². The number of anilines is 1. The Hall–Kier alpha value is -1.79. The van der Waals surface area contributed by atoms with Gasteiger partial charge in [-0.25, -0.2) is 9.69 Å². The molecule has 2 fully saturated rings. The molecule has 1 aromatic carbocycles. The first kappa shape index (κ1) is 15.7. The van der Waals surface area contributed by atoms with Crippen molar-refractivity contribution in [3.63, 3.8) is 0 Å². The zero-order valence-electron chi connectivity index (χ0n) is 13.5. The summed E-state index contributed by atoms with van der Waals surface area (Å²) in [5.41, 5.74) is 2.00. The second-order valence-corrected chi connectivity index (χ2v) is 7.00. The van der Waals surface area contributed by atoms with Crippen LogP contribution in [0.1, 0.15) is 24.8 Å². The van der Waals surface area contributed by atoms with Crippen molar-refractivity contribution in [3.05, 3.63) is 28.8 Å². The minimum absolute atomic E-state index is 0.0932. The number of likely N-dealkylation sites (N-methyl/N-ethyl adjacent to an activating group) is 1. The van der Waals surface area contributed by atoms with Gasteiger partial charge in [0, 0.05) is 29.6 Å². The van der Waals surface area contributed by atoms with Crippen LogP contribution in [0.3, 0.4) is 0 Å². The molecule has 2 saturated heterocycles. The Bertz CT molecular complexity index is 710. The number of cyclic esters (lactones) is 1. The topological polar surface area (TPSA) is 59.1 Å². The fraction of sp³-hybridized carbons (Fsp3) is 0.529. The highest BCUT2D eigenvalue weighted by Crippen LogP contribution is 2.53. The van der Waals surface area contributed by atoms with E-state index in [1.54, 1.807) is 0 Å². The smallest absolute Gasteiger partial charge is 0.416 e. The van der Waals surface area contributed by atoms with Crippen LogP contribution >= 0.6 is 11.6 Å². The van der Waals surface area contributed by atoms with Gasteiger partial charge in [-0.1, -0.05) is 17.7 Å². The number of carbonyl (C=O) groups excluding carboxylic acids is 2. The van der Waals surface area contributed by atoms with Crippen LogP contribution in [0.2, 0.25) is 5.02 Å². The molecule has 0 saturated carbocycles. The highest BCUT2D eigenvalue weighted by atomic mass is 35.5. The molecule has 0 aromatic heterocycles. The zero-order chi connectivity index (χ0) is 16.9. The molecular formula is C17H19ClN2O4. The summed E-state index contributed by atoms with van der Waals surface area (Å²) in [5, 5.41) is 0.687. The Kier molecular flexibility index (Phi) is 3.69. The van der Waals surface area contributed by atoms with E-state index in [0.29, 0.717) is 31.0 Å². The molecule has 3 heterocycles. The predicted molar refractivity (Wildman–Crippen MR) is 88.2 cm³/mol. The summed E-state index contributed by atoms with van der Waals surface area (Å²) in [4.78, 5) is 27.3. The minimum Gasteiger partial charge on any atom is -0.447 e. The van der Waals surface area contributed by atoms with E-state index < -0.39 is 6.09 Å². The molecule has 2 atom stereocenters. The van der Waals surface area contributed by atoms with E-state index in [4.69, 9.17) is 21.1 Å². The molecule has 0 spiro atoms. The van der Waals surface area contributed by atoms with Gasteiger partial charge in [0.1, 0.15) is 12.8 Å². The Morgan fingerprint density at radius 3 is 3.00 bits per heavy atom. The predicted octanol–water partition coefficient (Wildman–Crippen LogP) is 2.53. The molecule has 2 amide bonds. The van der Waals surface area contributed by atoms with E-state index in [9.17, 15) is 9.59 Å². The third-order valence-electron chi connectivity index (χ3n) is 5.37. The third kappa shape index (κ3) is 2.20. The van der Waals surface area contributed by atoms with Crippen LogP contribution in [0.5, 0.6) is 0 Å². The van der Waals surface area contributed by atoms with Crippen LogP contribution in [-0.2, 0) is 19.7 Å². The number of nitrogens with zero attached hydrogens (tertiary/aromatic N) is 2. The number of amides is 2. The maximum Gasteiger partial charge on any atom is 0.416 e. The van der Waals surface area contributed by atoms with Gasteiger partial charge in [0.15, 0.2) is 0 Å². The van der Waals surface area contributed by atoms with Gasteiger partial charge in [0.05, 0.1) is 13.2 Å². The van der Waals surface area contributed by atoms with Crippen molar-refractivity contribution >= 4 is 29.3 Å². The average Bonchev–Trinajstić information content (AvgIpc) is 3.22. The van der Waals surface area contributed by atoms with E-state index in [2.05, 4.69) is 4.90 Å². The zero-order valence-corrected chi connectivity index (χ0v) is 14.2. The molecule has 0 bridgehead atoms. The van der Waals surface area contributed by atoms with Crippen molar-refractivity contribution in [2.45, 2.75) is 30.9 Å². The van der Waals surface area contributed by atoms with Crippen LogP contribution in [0, 0.1) is 0 Å². The molecule has 6 nitrogen and oxygen atoms in total. The minimum atomic E-state index is -0.535. The Balaban J connectivity index is 1.59. The molecule has 128 valence electrons. The van der Waals surface area contributed by atoms with Crippen molar-refractivity contribution in [3.8, 4) is 0 Å². The third-order valence-corrected chi connectivity index (χ3v) is 5.61. The number of halogens is 1. The lowest BCUT2D eigenvalue weighted by Gasteiger charge is -2.30. The van der Waals surface area contributed by atoms with Gasteiger partial charge in [0.25, 0.3) is 0 Å². The number of rotatable bonds is 3. The Labute approximate surface area is 145 Å². The lowest BCUT2D eigenvalue weighted by Crippen LogP contribution is -2.41. The maximum atomic E-state index is 12.4. The normalized spacial score (nSPS) is 28.1. The van der Waals surface area contributed by atoms with Crippen molar-refractivity contribution < 1.29 is 19.1 Å². The number of benzene rings is 1. The van der Waals surface area contributed by atoms with E-state index in [1.807, 2.05) is 25.2 Å². The summed E-state index contributed by atoms with van der Waals surface area (Å²) in [6, 6.07) is 5.87. The summed E-state index contributed by atoms with van der Waals surface area (Å²) in [6.45, 7) is 1.29. The van der Waals surface area contributed by atoms with Gasteiger partial charge in [-0.3, -0.25) is 4.79 Å². The summed E-state index contributed by atoms with van der Waals surface area (Å²) in [6.07, 6.45) is 1.16. The van der Waals surface area contributed by atoms with Crippen molar-refractivity contribution in [2.75, 3.05) is 31.7 Å². The summed E-state index contributed by atoms with van der Waals surface area (Å²) >= 11 is 6.14. The summed E-state index contributed by atoms with van der Waals surface area (Å²) in [5.74, 6) is -0.178. The summed E-state index contributed by atoms with van der Waals surface area (Å²) < 4.78 is 10.8. The van der Waals surface area contributed by atoms with Gasteiger partial charge in [-0.05, 0) is 30.5 Å². The molecular weight excluding hydrogens is 332 g/mol. The monoisotopic (exact) mass is 350 g/mol. The van der Waals surface area contributed by atoms with Gasteiger partial charge < -0.3 is 14.4 Å². The van der Waals surface area contributed by atoms with Crippen LogP contribution < -0.4 is 4.90 Å². The molecule has 0 N–H and O–H groups in total. The molecule has 0 aliphatic carbocycles. The molecule has 0 radical (unpaired) electrons. The number of carbonyl (C=O) groups is 2.